The van der Waals surface area contributed by atoms with Crippen molar-refractivity contribution >= 4 is 5.97 Å². The molecule has 2 heteroatoms. The van der Waals surface area contributed by atoms with E-state index in [1.807, 2.05) is 0 Å². The third-order valence-corrected chi connectivity index (χ3v) is 3.84. The maximum Gasteiger partial charge on any atom is 0.303 e. The second kappa shape index (κ2) is 18.0. The maximum atomic E-state index is 10.3. The number of rotatable bonds is 16. The van der Waals surface area contributed by atoms with Crippen molar-refractivity contribution in [3.8, 4) is 0 Å². The monoisotopic (exact) mass is 308 g/mol. The molecule has 1 N–H and O–H groups in total. The van der Waals surface area contributed by atoms with E-state index in [9.17, 15) is 4.79 Å². The number of carboxylic acid groups (broad SMARTS) is 1. The number of hydrogen-bond donors (Lipinski definition) is 1. The number of aliphatic carboxylic acids is 1. The second-order valence-corrected chi connectivity index (χ2v) is 6.08. The van der Waals surface area contributed by atoms with E-state index in [2.05, 4.69) is 31.2 Å². The molecule has 0 aliphatic heterocycles. The fraction of sp³-hybridized carbons (Fsp3) is 0.750. The van der Waals surface area contributed by atoms with Crippen LogP contribution < -0.4 is 0 Å². The van der Waals surface area contributed by atoms with Crippen LogP contribution in [-0.2, 0) is 4.79 Å². The zero-order valence-corrected chi connectivity index (χ0v) is 14.6. The minimum atomic E-state index is -0.673. The number of carbonyl (C=O) groups is 1. The van der Waals surface area contributed by atoms with E-state index in [0.29, 0.717) is 6.42 Å². The Bertz CT molecular complexity index is 292. The van der Waals surface area contributed by atoms with Gasteiger partial charge in [-0.1, -0.05) is 76.2 Å². The van der Waals surface area contributed by atoms with Gasteiger partial charge in [-0.15, -0.1) is 0 Å². The molecule has 0 fully saturated rings. The summed E-state index contributed by atoms with van der Waals surface area (Å²) in [6.45, 7) is 2.26. The smallest absolute Gasteiger partial charge is 0.303 e. The molecule has 0 saturated heterocycles. The van der Waals surface area contributed by atoms with Gasteiger partial charge in [0.1, 0.15) is 0 Å². The van der Waals surface area contributed by atoms with Crippen molar-refractivity contribution in [3.63, 3.8) is 0 Å². The van der Waals surface area contributed by atoms with Crippen LogP contribution in [0.15, 0.2) is 24.3 Å². The third-order valence-electron chi connectivity index (χ3n) is 3.84. The van der Waals surface area contributed by atoms with E-state index in [0.717, 1.165) is 32.1 Å². The van der Waals surface area contributed by atoms with Crippen molar-refractivity contribution in [2.75, 3.05) is 0 Å². The van der Waals surface area contributed by atoms with Crippen LogP contribution in [0.5, 0.6) is 0 Å². The minimum absolute atomic E-state index is 0.319. The highest BCUT2D eigenvalue weighted by atomic mass is 16.4. The van der Waals surface area contributed by atoms with Gasteiger partial charge in [0.15, 0.2) is 0 Å². The van der Waals surface area contributed by atoms with Crippen LogP contribution in [0, 0.1) is 0 Å². The van der Waals surface area contributed by atoms with Crippen LogP contribution in [0.25, 0.3) is 0 Å². The van der Waals surface area contributed by atoms with Crippen LogP contribution in [0.3, 0.4) is 0 Å². The molecule has 22 heavy (non-hydrogen) atoms. The molecule has 0 atom stereocenters. The summed E-state index contributed by atoms with van der Waals surface area (Å²) in [6, 6.07) is 0. The molecule has 0 radical (unpaired) electrons. The molecule has 0 aromatic carbocycles. The van der Waals surface area contributed by atoms with Gasteiger partial charge in [-0.2, -0.15) is 0 Å². The summed E-state index contributed by atoms with van der Waals surface area (Å²) in [4.78, 5) is 10.3. The Morgan fingerprint density at radius 3 is 1.77 bits per heavy atom. The lowest BCUT2D eigenvalue weighted by molar-refractivity contribution is -0.137. The van der Waals surface area contributed by atoms with Gasteiger partial charge in [-0.3, -0.25) is 4.79 Å². The van der Waals surface area contributed by atoms with Gasteiger partial charge >= 0.3 is 5.97 Å². The number of allylic oxidation sites excluding steroid dienone is 4. The highest BCUT2D eigenvalue weighted by Gasteiger charge is 1.95. The quantitative estimate of drug-likeness (QED) is 0.255. The fourth-order valence-electron chi connectivity index (χ4n) is 2.44. The summed E-state index contributed by atoms with van der Waals surface area (Å²) in [5, 5.41) is 8.52. The Balaban J connectivity index is 3.19. The Kier molecular flexibility index (Phi) is 17.1. The summed E-state index contributed by atoms with van der Waals surface area (Å²) in [7, 11) is 0. The molecule has 0 heterocycles. The number of carboxylic acids is 1. The number of hydrogen-bond acceptors (Lipinski definition) is 1. The molecule has 128 valence electrons. The summed E-state index contributed by atoms with van der Waals surface area (Å²) < 4.78 is 0. The second-order valence-electron chi connectivity index (χ2n) is 6.08. The zero-order chi connectivity index (χ0) is 16.3. The van der Waals surface area contributed by atoms with E-state index < -0.39 is 5.97 Å². The Morgan fingerprint density at radius 2 is 1.23 bits per heavy atom. The Labute approximate surface area is 137 Å². The minimum Gasteiger partial charge on any atom is -0.481 e. The van der Waals surface area contributed by atoms with Crippen LogP contribution in [0.2, 0.25) is 0 Å². The average molecular weight is 309 g/mol. The van der Waals surface area contributed by atoms with Crippen molar-refractivity contribution in [2.24, 2.45) is 0 Å². The molecule has 0 aliphatic carbocycles. The van der Waals surface area contributed by atoms with E-state index >= 15 is 0 Å². The lowest BCUT2D eigenvalue weighted by atomic mass is 10.1. The predicted molar refractivity (Wildman–Crippen MR) is 96.2 cm³/mol. The summed E-state index contributed by atoms with van der Waals surface area (Å²) in [5.41, 5.74) is 0. The van der Waals surface area contributed by atoms with Gasteiger partial charge in [0.25, 0.3) is 0 Å². The van der Waals surface area contributed by atoms with Gasteiger partial charge in [-0.05, 0) is 38.5 Å². The Hall–Kier alpha value is -1.05. The Morgan fingerprint density at radius 1 is 0.727 bits per heavy atom. The molecule has 0 aromatic heterocycles. The van der Waals surface area contributed by atoms with Crippen molar-refractivity contribution in [2.45, 2.75) is 96.8 Å². The maximum absolute atomic E-state index is 10.3. The van der Waals surface area contributed by atoms with Crippen LogP contribution in [0.4, 0.5) is 0 Å². The van der Waals surface area contributed by atoms with E-state index in [1.54, 1.807) is 0 Å². The largest absolute Gasteiger partial charge is 0.481 e. The topological polar surface area (TPSA) is 37.3 Å². The van der Waals surface area contributed by atoms with Crippen LogP contribution >= 0.6 is 0 Å². The highest BCUT2D eigenvalue weighted by molar-refractivity contribution is 5.66. The molecule has 0 aliphatic rings. The standard InChI is InChI=1S/C20H36O2/c1-2-3-4-5-6-7-8-9-10-11-12-13-14-15-16-17-18-19-20(21)22/h9-10,12-13H,2-8,11,14-19H2,1H3,(H,21,22)/b10-9-,13-12+. The predicted octanol–water partition coefficient (Wildman–Crippen LogP) is 6.66. The van der Waals surface area contributed by atoms with Crippen LogP contribution in [-0.4, -0.2) is 11.1 Å². The first-order valence-electron chi connectivity index (χ1n) is 9.29. The highest BCUT2D eigenvalue weighted by Crippen LogP contribution is 2.08. The third kappa shape index (κ3) is 18.9. The first-order chi connectivity index (χ1) is 10.8. The molecular weight excluding hydrogens is 272 g/mol. The van der Waals surface area contributed by atoms with E-state index in [-0.39, 0.29) is 0 Å². The van der Waals surface area contributed by atoms with Crippen LogP contribution in [0.1, 0.15) is 96.8 Å². The molecule has 0 amide bonds. The van der Waals surface area contributed by atoms with Gasteiger partial charge in [-0.25, -0.2) is 0 Å². The van der Waals surface area contributed by atoms with Crippen molar-refractivity contribution in [3.05, 3.63) is 24.3 Å². The molecular formula is C20H36O2. The number of unbranched alkanes of at least 4 members (excludes halogenated alkanes) is 10. The molecule has 0 bridgehead atoms. The van der Waals surface area contributed by atoms with E-state index in [1.165, 1.54) is 51.4 Å². The molecule has 0 saturated carbocycles. The lowest BCUT2D eigenvalue weighted by Gasteiger charge is -1.97. The van der Waals surface area contributed by atoms with Crippen molar-refractivity contribution in [1.29, 1.82) is 0 Å². The first kappa shape index (κ1) is 20.9. The van der Waals surface area contributed by atoms with Gasteiger partial charge in [0.05, 0.1) is 0 Å². The molecule has 0 unspecified atom stereocenters. The summed E-state index contributed by atoms with van der Waals surface area (Å²) in [5.74, 6) is -0.673. The normalized spacial score (nSPS) is 11.7. The summed E-state index contributed by atoms with van der Waals surface area (Å²) in [6.07, 6.45) is 25.2. The van der Waals surface area contributed by atoms with Gasteiger partial charge in [0.2, 0.25) is 0 Å². The van der Waals surface area contributed by atoms with Gasteiger partial charge < -0.3 is 5.11 Å². The molecule has 0 aromatic rings. The van der Waals surface area contributed by atoms with Gasteiger partial charge in [0, 0.05) is 6.42 Å². The summed E-state index contributed by atoms with van der Waals surface area (Å²) >= 11 is 0. The van der Waals surface area contributed by atoms with Crippen molar-refractivity contribution < 1.29 is 9.90 Å². The molecule has 0 spiro atoms. The zero-order valence-electron chi connectivity index (χ0n) is 14.6. The van der Waals surface area contributed by atoms with Crippen molar-refractivity contribution in [1.82, 2.24) is 0 Å². The molecule has 0 rings (SSSR count). The lowest BCUT2D eigenvalue weighted by Crippen LogP contribution is -1.93. The average Bonchev–Trinajstić information content (AvgIpc) is 2.50. The molecule has 2 nitrogen and oxygen atoms in total. The SMILES string of the molecule is CCCCCCCC/C=C\C/C=C/CCCCCCC(=O)O. The van der Waals surface area contributed by atoms with E-state index in [4.69, 9.17) is 5.11 Å². The first-order valence-corrected chi connectivity index (χ1v) is 9.29. The fourth-order valence-corrected chi connectivity index (χ4v) is 2.44.